The zero-order chi connectivity index (χ0) is 21.5. The Hall–Kier alpha value is -2.76. The standard InChI is InChI=1S/C19H20F4N6O/c20-14-2-1-12(7-13(14)19(21,22)23)27-18-17-11(3-6-29(17)26-10-25-18)8-28-5-4-15(24)16(30)9-28/h1-3,6-7,10,15-16,30H,4-5,8-9,24H2,(H,25,26,27)/t15-,16+/m1/s1. The Bertz CT molecular complexity index is 1050. The summed E-state index contributed by atoms with van der Waals surface area (Å²) in [6.07, 6.45) is -1.78. The third-order valence-corrected chi connectivity index (χ3v) is 5.18. The van der Waals surface area contributed by atoms with Crippen LogP contribution in [-0.4, -0.2) is 49.8 Å². The van der Waals surface area contributed by atoms with E-state index in [1.807, 2.05) is 11.0 Å². The molecule has 0 unspecified atom stereocenters. The van der Waals surface area contributed by atoms with Gasteiger partial charge in [0.05, 0.1) is 11.7 Å². The van der Waals surface area contributed by atoms with E-state index in [-0.39, 0.29) is 11.7 Å². The van der Waals surface area contributed by atoms with Crippen LogP contribution in [0.1, 0.15) is 17.5 Å². The van der Waals surface area contributed by atoms with Gasteiger partial charge in [-0.15, -0.1) is 0 Å². The average Bonchev–Trinajstić information content (AvgIpc) is 3.09. The summed E-state index contributed by atoms with van der Waals surface area (Å²) in [4.78, 5) is 6.20. The smallest absolute Gasteiger partial charge is 0.390 e. The zero-order valence-electron chi connectivity index (χ0n) is 15.8. The molecule has 1 aliphatic rings. The van der Waals surface area contributed by atoms with Crippen LogP contribution < -0.4 is 11.1 Å². The van der Waals surface area contributed by atoms with Crippen LogP contribution in [0.25, 0.3) is 5.52 Å². The van der Waals surface area contributed by atoms with Gasteiger partial charge in [0.15, 0.2) is 5.82 Å². The number of nitrogens with zero attached hydrogens (tertiary/aromatic N) is 4. The Morgan fingerprint density at radius 3 is 2.80 bits per heavy atom. The summed E-state index contributed by atoms with van der Waals surface area (Å²) in [7, 11) is 0. The highest BCUT2D eigenvalue weighted by atomic mass is 19.4. The maximum atomic E-state index is 13.6. The summed E-state index contributed by atoms with van der Waals surface area (Å²) < 4.78 is 54.2. The monoisotopic (exact) mass is 424 g/mol. The Kier molecular flexibility index (Phi) is 5.35. The van der Waals surface area contributed by atoms with E-state index in [0.717, 1.165) is 11.6 Å². The normalized spacial score (nSPS) is 20.6. The number of hydrogen-bond acceptors (Lipinski definition) is 6. The number of anilines is 2. The molecule has 0 spiro atoms. The number of aliphatic hydroxyl groups excluding tert-OH is 1. The van der Waals surface area contributed by atoms with Crippen molar-refractivity contribution in [3.63, 3.8) is 0 Å². The number of nitrogens with two attached hydrogens (primary N) is 1. The van der Waals surface area contributed by atoms with E-state index < -0.39 is 23.7 Å². The van der Waals surface area contributed by atoms with Crippen molar-refractivity contribution in [1.82, 2.24) is 19.5 Å². The first kappa shape index (κ1) is 20.5. The molecule has 2 aromatic heterocycles. The van der Waals surface area contributed by atoms with Crippen molar-refractivity contribution in [1.29, 1.82) is 0 Å². The number of benzene rings is 1. The highest BCUT2D eigenvalue weighted by molar-refractivity contribution is 5.76. The second kappa shape index (κ2) is 7.82. The second-order valence-electron chi connectivity index (χ2n) is 7.32. The predicted octanol–water partition coefficient (Wildman–Crippen LogP) is 2.52. The minimum Gasteiger partial charge on any atom is -0.390 e. The summed E-state index contributed by atoms with van der Waals surface area (Å²) in [5.41, 5.74) is 5.96. The predicted molar refractivity (Wildman–Crippen MR) is 102 cm³/mol. The van der Waals surface area contributed by atoms with Crippen molar-refractivity contribution >= 4 is 17.0 Å². The third-order valence-electron chi connectivity index (χ3n) is 5.18. The maximum absolute atomic E-state index is 13.6. The molecule has 2 atom stereocenters. The summed E-state index contributed by atoms with van der Waals surface area (Å²) in [5.74, 6) is -1.05. The molecular weight excluding hydrogens is 404 g/mol. The van der Waals surface area contributed by atoms with Gasteiger partial charge in [0.2, 0.25) is 0 Å². The molecule has 4 N–H and O–H groups in total. The number of likely N-dealkylation sites (tertiary alicyclic amines) is 1. The van der Waals surface area contributed by atoms with Crippen molar-refractivity contribution in [3.05, 3.63) is 53.7 Å². The van der Waals surface area contributed by atoms with Crippen molar-refractivity contribution in [2.45, 2.75) is 31.3 Å². The zero-order valence-corrected chi connectivity index (χ0v) is 15.8. The van der Waals surface area contributed by atoms with E-state index in [0.29, 0.717) is 43.5 Å². The molecule has 160 valence electrons. The summed E-state index contributed by atoms with van der Waals surface area (Å²) in [6, 6.07) is 4.27. The number of fused-ring (bicyclic) bond motifs is 1. The minimum absolute atomic E-state index is 0.0517. The maximum Gasteiger partial charge on any atom is 0.419 e. The van der Waals surface area contributed by atoms with Gasteiger partial charge in [-0.05, 0) is 36.2 Å². The van der Waals surface area contributed by atoms with E-state index in [9.17, 15) is 22.7 Å². The van der Waals surface area contributed by atoms with Crippen LogP contribution in [0.15, 0.2) is 36.8 Å². The van der Waals surface area contributed by atoms with Crippen LogP contribution in [0.3, 0.4) is 0 Å². The van der Waals surface area contributed by atoms with Crippen molar-refractivity contribution < 1.29 is 22.7 Å². The van der Waals surface area contributed by atoms with E-state index in [1.54, 1.807) is 10.7 Å². The lowest BCUT2D eigenvalue weighted by Crippen LogP contribution is -2.50. The number of β-amino-alcohol motifs (C(OH)–C–C–N with tert-alkyl or cyclic N) is 1. The van der Waals surface area contributed by atoms with Crippen LogP contribution in [0.2, 0.25) is 0 Å². The molecule has 0 bridgehead atoms. The highest BCUT2D eigenvalue weighted by Gasteiger charge is 2.34. The fourth-order valence-electron chi connectivity index (χ4n) is 3.59. The van der Waals surface area contributed by atoms with Gasteiger partial charge in [-0.1, -0.05) is 0 Å². The summed E-state index contributed by atoms with van der Waals surface area (Å²) in [6.45, 7) is 1.61. The number of rotatable bonds is 4. The Morgan fingerprint density at radius 2 is 2.07 bits per heavy atom. The molecule has 0 radical (unpaired) electrons. The molecule has 1 fully saturated rings. The minimum atomic E-state index is -4.81. The first-order valence-corrected chi connectivity index (χ1v) is 9.33. The Labute approximate surface area is 169 Å². The molecule has 1 aliphatic heterocycles. The van der Waals surface area contributed by atoms with Crippen molar-refractivity contribution in [3.8, 4) is 0 Å². The van der Waals surface area contributed by atoms with Crippen LogP contribution in [0.4, 0.5) is 29.1 Å². The number of hydrogen-bond donors (Lipinski definition) is 3. The molecule has 0 aliphatic carbocycles. The average molecular weight is 424 g/mol. The molecule has 7 nitrogen and oxygen atoms in total. The Morgan fingerprint density at radius 1 is 1.27 bits per heavy atom. The third kappa shape index (κ3) is 4.09. The van der Waals surface area contributed by atoms with Crippen LogP contribution in [-0.2, 0) is 12.7 Å². The molecule has 30 heavy (non-hydrogen) atoms. The van der Waals surface area contributed by atoms with E-state index in [1.165, 1.54) is 12.4 Å². The number of aromatic nitrogens is 3. The van der Waals surface area contributed by atoms with Crippen LogP contribution in [0, 0.1) is 5.82 Å². The number of aliphatic hydroxyl groups is 1. The molecule has 4 rings (SSSR count). The molecule has 3 aromatic rings. The van der Waals surface area contributed by atoms with Gasteiger partial charge < -0.3 is 16.2 Å². The molecule has 1 saturated heterocycles. The lowest BCUT2D eigenvalue weighted by molar-refractivity contribution is -0.139. The van der Waals surface area contributed by atoms with Gasteiger partial charge in [0, 0.05) is 37.6 Å². The largest absolute Gasteiger partial charge is 0.419 e. The molecule has 0 saturated carbocycles. The topological polar surface area (TPSA) is 91.7 Å². The van der Waals surface area contributed by atoms with Gasteiger partial charge >= 0.3 is 6.18 Å². The fraction of sp³-hybridized carbons (Fsp3) is 0.368. The number of nitrogens with one attached hydrogen (secondary N) is 1. The number of halogens is 4. The lowest BCUT2D eigenvalue weighted by atomic mass is 10.0. The van der Waals surface area contributed by atoms with Gasteiger partial charge in [-0.25, -0.2) is 13.9 Å². The van der Waals surface area contributed by atoms with Crippen molar-refractivity contribution in [2.24, 2.45) is 5.73 Å². The molecule has 3 heterocycles. The van der Waals surface area contributed by atoms with Gasteiger partial charge in [0.1, 0.15) is 17.7 Å². The molecule has 11 heteroatoms. The van der Waals surface area contributed by atoms with Crippen molar-refractivity contribution in [2.75, 3.05) is 18.4 Å². The SMILES string of the molecule is N[C@@H]1CCN(Cc2ccn3ncnc(Nc4ccc(F)c(C(F)(F)F)c4)c23)C[C@@H]1O. The molecular formula is C19H20F4N6O. The highest BCUT2D eigenvalue weighted by Crippen LogP contribution is 2.34. The first-order valence-electron chi connectivity index (χ1n) is 9.33. The van der Waals surface area contributed by atoms with E-state index in [4.69, 9.17) is 5.73 Å². The summed E-state index contributed by atoms with van der Waals surface area (Å²) in [5, 5.41) is 17.0. The van der Waals surface area contributed by atoms with Gasteiger partial charge in [-0.3, -0.25) is 4.90 Å². The van der Waals surface area contributed by atoms with Crippen LogP contribution >= 0.6 is 0 Å². The van der Waals surface area contributed by atoms with Gasteiger partial charge in [-0.2, -0.15) is 18.3 Å². The first-order chi connectivity index (χ1) is 14.2. The Balaban J connectivity index is 1.64. The summed E-state index contributed by atoms with van der Waals surface area (Å²) >= 11 is 0. The number of alkyl halides is 3. The van der Waals surface area contributed by atoms with E-state index in [2.05, 4.69) is 15.4 Å². The second-order valence-corrected chi connectivity index (χ2v) is 7.32. The fourth-order valence-corrected chi connectivity index (χ4v) is 3.59. The van der Waals surface area contributed by atoms with Crippen LogP contribution in [0.5, 0.6) is 0 Å². The quantitative estimate of drug-likeness (QED) is 0.558. The lowest BCUT2D eigenvalue weighted by Gasteiger charge is -2.33. The molecule has 0 amide bonds. The van der Waals surface area contributed by atoms with Gasteiger partial charge in [0.25, 0.3) is 0 Å². The van der Waals surface area contributed by atoms with E-state index >= 15 is 0 Å². The molecule has 1 aromatic carbocycles. The number of piperidine rings is 1.